The Balaban J connectivity index is 1.58. The molecule has 0 aliphatic rings. The average Bonchev–Trinajstić information content (AvgIpc) is 2.77. The monoisotopic (exact) mass is 436 g/mol. The molecule has 31 heavy (non-hydrogen) atoms. The number of nitrogens with one attached hydrogen (secondary N) is 2. The highest BCUT2D eigenvalue weighted by Crippen LogP contribution is 2.24. The van der Waals surface area contributed by atoms with E-state index < -0.39 is 6.10 Å². The average molecular weight is 437 g/mol. The molecule has 1 unspecified atom stereocenters. The van der Waals surface area contributed by atoms with Gasteiger partial charge in [-0.05, 0) is 79.9 Å². The molecule has 160 valence electrons. The van der Waals surface area contributed by atoms with Crippen LogP contribution in [0, 0.1) is 6.92 Å². The number of ether oxygens (including phenoxy) is 1. The minimum Gasteiger partial charge on any atom is -0.481 e. The summed E-state index contributed by atoms with van der Waals surface area (Å²) in [5.74, 6) is 0.000186. The fourth-order valence-corrected chi connectivity index (χ4v) is 3.12. The van der Waals surface area contributed by atoms with Crippen LogP contribution in [0.15, 0.2) is 66.7 Å². The van der Waals surface area contributed by atoms with Gasteiger partial charge in [0.05, 0.1) is 0 Å². The number of carbonyl (C=O) groups excluding carboxylic acids is 2. The Morgan fingerprint density at radius 2 is 1.65 bits per heavy atom. The molecule has 3 aromatic carbocycles. The second kappa shape index (κ2) is 10.1. The molecule has 1 atom stereocenters. The summed E-state index contributed by atoms with van der Waals surface area (Å²) in [5.41, 5.74) is 3.87. The molecule has 0 heterocycles. The van der Waals surface area contributed by atoms with E-state index in [1.807, 2.05) is 31.2 Å². The molecule has 0 saturated carbocycles. The Bertz CT molecular complexity index is 1060. The minimum atomic E-state index is -0.695. The summed E-state index contributed by atoms with van der Waals surface area (Å²) in [5, 5.41) is 6.29. The summed E-state index contributed by atoms with van der Waals surface area (Å²) >= 11 is 6.10. The Labute approximate surface area is 187 Å². The summed E-state index contributed by atoms with van der Waals surface area (Å²) in [7, 11) is 0. The van der Waals surface area contributed by atoms with Crippen LogP contribution in [0.25, 0.3) is 0 Å². The summed E-state index contributed by atoms with van der Waals surface area (Å²) in [6.07, 6.45) is 0.250. The molecule has 6 heteroatoms. The lowest BCUT2D eigenvalue weighted by Gasteiger charge is -2.15. The van der Waals surface area contributed by atoms with Crippen molar-refractivity contribution in [2.24, 2.45) is 0 Å². The molecule has 0 radical (unpaired) electrons. The predicted molar refractivity (Wildman–Crippen MR) is 125 cm³/mol. The first-order chi connectivity index (χ1) is 14.9. The van der Waals surface area contributed by atoms with Crippen molar-refractivity contribution in [1.29, 1.82) is 0 Å². The highest BCUT2D eigenvalue weighted by molar-refractivity contribution is 6.31. The lowest BCUT2D eigenvalue weighted by molar-refractivity contribution is -0.122. The summed E-state index contributed by atoms with van der Waals surface area (Å²) in [4.78, 5) is 24.9. The van der Waals surface area contributed by atoms with Gasteiger partial charge in [0, 0.05) is 22.0 Å². The highest BCUT2D eigenvalue weighted by Gasteiger charge is 2.16. The molecule has 0 fully saturated rings. The van der Waals surface area contributed by atoms with Gasteiger partial charge in [-0.25, -0.2) is 0 Å². The van der Waals surface area contributed by atoms with Crippen LogP contribution in [-0.2, 0) is 11.2 Å². The first-order valence-electron chi connectivity index (χ1n) is 10.1. The smallest absolute Gasteiger partial charge is 0.265 e. The van der Waals surface area contributed by atoms with E-state index in [9.17, 15) is 9.59 Å². The molecule has 2 N–H and O–H groups in total. The zero-order valence-electron chi connectivity index (χ0n) is 17.7. The second-order valence-corrected chi connectivity index (χ2v) is 7.60. The summed E-state index contributed by atoms with van der Waals surface area (Å²) < 4.78 is 5.72. The maximum Gasteiger partial charge on any atom is 0.265 e. The largest absolute Gasteiger partial charge is 0.481 e. The normalized spacial score (nSPS) is 11.5. The molecule has 3 aromatic rings. The predicted octanol–water partition coefficient (Wildman–Crippen LogP) is 5.87. The van der Waals surface area contributed by atoms with E-state index in [1.54, 1.807) is 49.4 Å². The van der Waals surface area contributed by atoms with Crippen LogP contribution < -0.4 is 15.4 Å². The number of carbonyl (C=O) groups is 2. The van der Waals surface area contributed by atoms with E-state index in [1.165, 1.54) is 5.56 Å². The lowest BCUT2D eigenvalue weighted by atomic mass is 10.1. The van der Waals surface area contributed by atoms with Crippen molar-refractivity contribution in [2.75, 3.05) is 10.6 Å². The maximum atomic E-state index is 12.5. The van der Waals surface area contributed by atoms with Gasteiger partial charge in [0.2, 0.25) is 0 Å². The number of anilines is 2. The molecule has 0 aliphatic heterocycles. The van der Waals surface area contributed by atoms with Crippen LogP contribution in [0.2, 0.25) is 5.02 Å². The molecule has 2 amide bonds. The van der Waals surface area contributed by atoms with E-state index in [0.29, 0.717) is 22.0 Å². The Morgan fingerprint density at radius 1 is 0.968 bits per heavy atom. The summed E-state index contributed by atoms with van der Waals surface area (Å²) in [6, 6.07) is 19.7. The van der Waals surface area contributed by atoms with Crippen molar-refractivity contribution in [1.82, 2.24) is 0 Å². The second-order valence-electron chi connectivity index (χ2n) is 7.19. The van der Waals surface area contributed by atoms with Gasteiger partial charge in [-0.15, -0.1) is 0 Å². The highest BCUT2D eigenvalue weighted by atomic mass is 35.5. The fraction of sp³-hybridized carbons (Fsp3) is 0.200. The van der Waals surface area contributed by atoms with Crippen molar-refractivity contribution in [3.63, 3.8) is 0 Å². The van der Waals surface area contributed by atoms with E-state index in [0.717, 1.165) is 17.7 Å². The van der Waals surface area contributed by atoms with Gasteiger partial charge < -0.3 is 15.4 Å². The summed E-state index contributed by atoms with van der Waals surface area (Å²) in [6.45, 7) is 5.61. The number of amides is 2. The van der Waals surface area contributed by atoms with Crippen molar-refractivity contribution in [3.8, 4) is 5.75 Å². The van der Waals surface area contributed by atoms with Crippen LogP contribution in [0.5, 0.6) is 5.75 Å². The molecular weight excluding hydrogens is 412 g/mol. The van der Waals surface area contributed by atoms with Crippen LogP contribution in [0.1, 0.15) is 35.3 Å². The lowest BCUT2D eigenvalue weighted by Crippen LogP contribution is -2.30. The van der Waals surface area contributed by atoms with Crippen molar-refractivity contribution in [2.45, 2.75) is 33.3 Å². The third-order valence-electron chi connectivity index (χ3n) is 4.94. The number of halogens is 1. The quantitative estimate of drug-likeness (QED) is 0.486. The van der Waals surface area contributed by atoms with Gasteiger partial charge in [-0.3, -0.25) is 9.59 Å². The van der Waals surface area contributed by atoms with Crippen LogP contribution in [0.4, 0.5) is 11.4 Å². The third-order valence-corrected chi connectivity index (χ3v) is 5.35. The molecular formula is C25H25ClN2O3. The van der Waals surface area contributed by atoms with Gasteiger partial charge >= 0.3 is 0 Å². The fourth-order valence-electron chi connectivity index (χ4n) is 2.95. The van der Waals surface area contributed by atoms with Gasteiger partial charge in [-0.1, -0.05) is 36.7 Å². The van der Waals surface area contributed by atoms with Gasteiger partial charge in [0.1, 0.15) is 5.75 Å². The van der Waals surface area contributed by atoms with E-state index in [2.05, 4.69) is 17.6 Å². The topological polar surface area (TPSA) is 67.4 Å². The molecule has 3 rings (SSSR count). The molecule has 0 saturated heterocycles. The van der Waals surface area contributed by atoms with Gasteiger partial charge in [0.25, 0.3) is 11.8 Å². The Kier molecular flexibility index (Phi) is 7.32. The Morgan fingerprint density at radius 3 is 2.29 bits per heavy atom. The maximum absolute atomic E-state index is 12.5. The van der Waals surface area contributed by atoms with Crippen LogP contribution in [0.3, 0.4) is 0 Å². The zero-order valence-corrected chi connectivity index (χ0v) is 18.5. The number of benzene rings is 3. The molecule has 0 aliphatic carbocycles. The standard InChI is InChI=1S/C25H25ClN2O3/c1-4-18-8-12-20(13-9-18)27-24(29)17(3)31-21-14-10-19(11-15-21)25(30)28-23-7-5-6-22(26)16(23)2/h5-15,17H,4H2,1-3H3,(H,27,29)(H,28,30). The first kappa shape index (κ1) is 22.4. The zero-order chi connectivity index (χ0) is 22.4. The van der Waals surface area contributed by atoms with Crippen molar-refractivity contribution in [3.05, 3.63) is 88.4 Å². The SMILES string of the molecule is CCc1ccc(NC(=O)C(C)Oc2ccc(C(=O)Nc3cccc(Cl)c3C)cc2)cc1. The number of aryl methyl sites for hydroxylation is 1. The number of rotatable bonds is 7. The van der Waals surface area contributed by atoms with Crippen molar-refractivity contribution >= 4 is 34.8 Å². The Hall–Kier alpha value is -3.31. The molecule has 0 spiro atoms. The minimum absolute atomic E-state index is 0.248. The van der Waals surface area contributed by atoms with Gasteiger partial charge in [-0.2, -0.15) is 0 Å². The first-order valence-corrected chi connectivity index (χ1v) is 10.5. The number of hydrogen-bond acceptors (Lipinski definition) is 3. The van der Waals surface area contributed by atoms with E-state index in [4.69, 9.17) is 16.3 Å². The van der Waals surface area contributed by atoms with Crippen molar-refractivity contribution < 1.29 is 14.3 Å². The molecule has 0 bridgehead atoms. The van der Waals surface area contributed by atoms with E-state index >= 15 is 0 Å². The molecule has 5 nitrogen and oxygen atoms in total. The molecule has 0 aromatic heterocycles. The van der Waals surface area contributed by atoms with E-state index in [-0.39, 0.29) is 11.8 Å². The van der Waals surface area contributed by atoms with Gasteiger partial charge in [0.15, 0.2) is 6.10 Å². The number of hydrogen-bond donors (Lipinski definition) is 2. The third kappa shape index (κ3) is 5.86. The van der Waals surface area contributed by atoms with Crippen LogP contribution in [-0.4, -0.2) is 17.9 Å². The van der Waals surface area contributed by atoms with Crippen LogP contribution >= 0.6 is 11.6 Å².